The van der Waals surface area contributed by atoms with E-state index in [1.807, 2.05) is 37.0 Å². The van der Waals surface area contributed by atoms with E-state index in [2.05, 4.69) is 28.8 Å². The minimum atomic E-state index is -0.713. The van der Waals surface area contributed by atoms with E-state index in [0.717, 1.165) is 60.2 Å². The molecule has 3 N–H and O–H groups in total. The Hall–Kier alpha value is -2.87. The largest absolute Gasteiger partial charge is 0.508 e. The quantitative estimate of drug-likeness (QED) is 0.431. The highest BCUT2D eigenvalue weighted by Gasteiger charge is 2.32. The van der Waals surface area contributed by atoms with E-state index in [9.17, 15) is 15.0 Å². The van der Waals surface area contributed by atoms with E-state index in [-0.39, 0.29) is 23.6 Å². The number of phenolic OH excluding ortho intramolecular Hbond substituents is 1. The van der Waals surface area contributed by atoms with Crippen LogP contribution in [0.5, 0.6) is 5.75 Å². The van der Waals surface area contributed by atoms with Gasteiger partial charge in [0.2, 0.25) is 0 Å². The predicted molar refractivity (Wildman–Crippen MR) is 132 cm³/mol. The molecule has 1 aromatic carbocycles. The summed E-state index contributed by atoms with van der Waals surface area (Å²) >= 11 is 0. The molecule has 0 aliphatic heterocycles. The van der Waals surface area contributed by atoms with Crippen LogP contribution in [-0.4, -0.2) is 48.6 Å². The monoisotopic (exact) mass is 467 g/mol. The van der Waals surface area contributed by atoms with Crippen LogP contribution in [0.3, 0.4) is 0 Å². The van der Waals surface area contributed by atoms with Gasteiger partial charge < -0.3 is 20.1 Å². The maximum atomic E-state index is 11.8. The minimum absolute atomic E-state index is 0.0723. The SMILES string of the molecule is CNC(C)CCc1c(O)ccc2c1nc(C(C)Cn1ccc(C)n1)n2C1CCCC(C(=O)O)C1. The van der Waals surface area contributed by atoms with E-state index in [4.69, 9.17) is 4.98 Å². The van der Waals surface area contributed by atoms with Gasteiger partial charge in [-0.2, -0.15) is 5.10 Å². The minimum Gasteiger partial charge on any atom is -0.508 e. The average Bonchev–Trinajstić information content (AvgIpc) is 3.41. The summed E-state index contributed by atoms with van der Waals surface area (Å²) in [6.45, 7) is 6.94. The zero-order valence-electron chi connectivity index (χ0n) is 20.7. The molecule has 34 heavy (non-hydrogen) atoms. The van der Waals surface area contributed by atoms with Crippen LogP contribution in [0.2, 0.25) is 0 Å². The number of nitrogens with one attached hydrogen (secondary N) is 1. The van der Waals surface area contributed by atoms with Gasteiger partial charge in [-0.15, -0.1) is 0 Å². The standard InChI is InChI=1S/C26H37N5O3/c1-16(15-30-13-12-18(3)29-30)25-28-24-21(9-8-17(2)27-4)23(32)11-10-22(24)31(25)20-7-5-6-19(14-20)26(33)34/h10-13,16-17,19-20,27,32H,5-9,14-15H2,1-4H3,(H,33,34). The fourth-order valence-electron chi connectivity index (χ4n) is 5.26. The van der Waals surface area contributed by atoms with Crippen LogP contribution in [0.15, 0.2) is 24.4 Å². The molecule has 1 aliphatic rings. The highest BCUT2D eigenvalue weighted by atomic mass is 16.4. The number of aryl methyl sites for hydroxylation is 2. The van der Waals surface area contributed by atoms with Gasteiger partial charge in [-0.25, -0.2) is 4.98 Å². The number of aromatic nitrogens is 4. The third-order valence-corrected chi connectivity index (χ3v) is 7.33. The van der Waals surface area contributed by atoms with Crippen LogP contribution in [0.25, 0.3) is 11.0 Å². The van der Waals surface area contributed by atoms with Crippen molar-refractivity contribution in [1.82, 2.24) is 24.6 Å². The Morgan fingerprint density at radius 1 is 1.26 bits per heavy atom. The van der Waals surface area contributed by atoms with Gasteiger partial charge in [-0.3, -0.25) is 9.48 Å². The lowest BCUT2D eigenvalue weighted by molar-refractivity contribution is -0.143. The molecule has 0 spiro atoms. The lowest BCUT2D eigenvalue weighted by Gasteiger charge is -2.30. The van der Waals surface area contributed by atoms with Gasteiger partial charge in [-0.05, 0) is 71.2 Å². The highest BCUT2D eigenvalue weighted by Crippen LogP contribution is 2.39. The lowest BCUT2D eigenvalue weighted by atomic mass is 9.85. The van der Waals surface area contributed by atoms with Crippen molar-refractivity contribution in [2.45, 2.75) is 83.8 Å². The zero-order valence-corrected chi connectivity index (χ0v) is 20.7. The molecule has 0 saturated heterocycles. The Labute approximate surface area is 201 Å². The van der Waals surface area contributed by atoms with Crippen molar-refractivity contribution in [1.29, 1.82) is 0 Å². The summed E-state index contributed by atoms with van der Waals surface area (Å²) < 4.78 is 4.22. The lowest BCUT2D eigenvalue weighted by Crippen LogP contribution is -2.26. The molecule has 4 rings (SSSR count). The van der Waals surface area contributed by atoms with Gasteiger partial charge in [0, 0.05) is 29.8 Å². The summed E-state index contributed by atoms with van der Waals surface area (Å²) in [5.74, 6) is 0.238. The number of rotatable bonds is 9. The number of imidazole rings is 1. The van der Waals surface area contributed by atoms with Crippen molar-refractivity contribution in [3.63, 3.8) is 0 Å². The van der Waals surface area contributed by atoms with Crippen LogP contribution in [0.4, 0.5) is 0 Å². The summed E-state index contributed by atoms with van der Waals surface area (Å²) in [6, 6.07) is 6.11. The van der Waals surface area contributed by atoms with Crippen LogP contribution in [0.1, 0.15) is 75.0 Å². The zero-order chi connectivity index (χ0) is 24.4. The number of carbonyl (C=O) groups is 1. The first-order chi connectivity index (χ1) is 16.3. The third kappa shape index (κ3) is 4.97. The van der Waals surface area contributed by atoms with Gasteiger partial charge in [-0.1, -0.05) is 13.3 Å². The molecule has 1 fully saturated rings. The molecule has 3 aromatic rings. The molecule has 4 atom stereocenters. The fourth-order valence-corrected chi connectivity index (χ4v) is 5.26. The van der Waals surface area contributed by atoms with Crippen molar-refractivity contribution < 1.29 is 15.0 Å². The van der Waals surface area contributed by atoms with Crippen LogP contribution in [-0.2, 0) is 17.8 Å². The molecular weight excluding hydrogens is 430 g/mol. The molecule has 0 bridgehead atoms. The fraction of sp³-hybridized carbons (Fsp3) is 0.577. The van der Waals surface area contributed by atoms with Gasteiger partial charge in [0.1, 0.15) is 11.6 Å². The number of benzene rings is 1. The van der Waals surface area contributed by atoms with Crippen molar-refractivity contribution in [3.05, 3.63) is 41.5 Å². The van der Waals surface area contributed by atoms with Crippen LogP contribution >= 0.6 is 0 Å². The Balaban J connectivity index is 1.79. The molecule has 8 nitrogen and oxygen atoms in total. The molecule has 8 heteroatoms. The summed E-state index contributed by atoms with van der Waals surface area (Å²) in [5, 5.41) is 28.2. The first-order valence-electron chi connectivity index (χ1n) is 12.4. The summed E-state index contributed by atoms with van der Waals surface area (Å²) in [5.41, 5.74) is 3.66. The number of hydrogen-bond donors (Lipinski definition) is 3. The number of fused-ring (bicyclic) bond motifs is 1. The van der Waals surface area contributed by atoms with E-state index in [1.165, 1.54) is 0 Å². The van der Waals surface area contributed by atoms with Crippen molar-refractivity contribution in [3.8, 4) is 5.75 Å². The maximum absolute atomic E-state index is 11.8. The Kier molecular flexibility index (Phi) is 7.26. The maximum Gasteiger partial charge on any atom is 0.306 e. The first-order valence-corrected chi connectivity index (χ1v) is 12.4. The second kappa shape index (κ2) is 10.2. The molecule has 2 aromatic heterocycles. The van der Waals surface area contributed by atoms with Crippen molar-refractivity contribution in [2.75, 3.05) is 7.05 Å². The Morgan fingerprint density at radius 3 is 2.74 bits per heavy atom. The van der Waals surface area contributed by atoms with Gasteiger partial charge in [0.25, 0.3) is 0 Å². The molecule has 0 amide bonds. The van der Waals surface area contributed by atoms with Crippen LogP contribution in [0, 0.1) is 12.8 Å². The summed E-state index contributed by atoms with van der Waals surface area (Å²) in [4.78, 5) is 16.9. The number of carboxylic acids is 1. The third-order valence-electron chi connectivity index (χ3n) is 7.33. The van der Waals surface area contributed by atoms with Gasteiger partial charge >= 0.3 is 5.97 Å². The second-order valence-corrected chi connectivity index (χ2v) is 9.94. The Bertz CT molecular complexity index is 1150. The number of nitrogens with zero attached hydrogens (tertiary/aromatic N) is 4. The first kappa shape index (κ1) is 24.3. The number of aliphatic carboxylic acids is 1. The molecular formula is C26H37N5O3. The summed E-state index contributed by atoms with van der Waals surface area (Å²) in [6.07, 6.45) is 6.74. The number of hydrogen-bond acceptors (Lipinski definition) is 5. The molecule has 4 unspecified atom stereocenters. The van der Waals surface area contributed by atoms with E-state index >= 15 is 0 Å². The van der Waals surface area contributed by atoms with Gasteiger partial charge in [0.15, 0.2) is 0 Å². The van der Waals surface area contributed by atoms with E-state index < -0.39 is 5.97 Å². The van der Waals surface area contributed by atoms with Crippen LogP contribution < -0.4 is 5.32 Å². The topological polar surface area (TPSA) is 105 Å². The average molecular weight is 468 g/mol. The normalized spacial score (nSPS) is 20.5. The number of carboxylic acid groups (broad SMARTS) is 1. The smallest absolute Gasteiger partial charge is 0.306 e. The Morgan fingerprint density at radius 2 is 2.06 bits per heavy atom. The molecule has 184 valence electrons. The predicted octanol–water partition coefficient (Wildman–Crippen LogP) is 4.41. The molecule has 2 heterocycles. The van der Waals surface area contributed by atoms with E-state index in [1.54, 1.807) is 6.07 Å². The molecule has 1 aliphatic carbocycles. The molecule has 1 saturated carbocycles. The summed E-state index contributed by atoms with van der Waals surface area (Å²) in [7, 11) is 1.94. The highest BCUT2D eigenvalue weighted by molar-refractivity contribution is 5.82. The van der Waals surface area contributed by atoms with Gasteiger partial charge in [0.05, 0.1) is 29.2 Å². The number of aromatic hydroxyl groups is 1. The number of phenols is 1. The van der Waals surface area contributed by atoms with Crippen molar-refractivity contribution >= 4 is 17.0 Å². The van der Waals surface area contributed by atoms with E-state index in [0.29, 0.717) is 19.0 Å². The van der Waals surface area contributed by atoms with Crippen molar-refractivity contribution in [2.24, 2.45) is 5.92 Å². The molecule has 0 radical (unpaired) electrons. The second-order valence-electron chi connectivity index (χ2n) is 9.94.